The van der Waals surface area contributed by atoms with Crippen LogP contribution >= 0.6 is 54.5 Å². The third kappa shape index (κ3) is 9.36. The molecule has 28 heavy (non-hydrogen) atoms. The van der Waals surface area contributed by atoms with Gasteiger partial charge in [-0.2, -0.15) is 0 Å². The molecule has 0 saturated carbocycles. The first-order valence-corrected chi connectivity index (χ1v) is 14.3. The van der Waals surface area contributed by atoms with E-state index in [1.54, 1.807) is 0 Å². The molecule has 0 N–H and O–H groups in total. The first kappa shape index (κ1) is 24.5. The molecule has 0 aromatic carbocycles. The number of hydrogen-bond donors (Lipinski definition) is 0. The lowest BCUT2D eigenvalue weighted by atomic mass is 10.1. The first-order chi connectivity index (χ1) is 13.6. The Hall–Kier alpha value is 0.220. The van der Waals surface area contributed by atoms with Crippen molar-refractivity contribution in [1.82, 2.24) is 9.97 Å². The Balaban J connectivity index is 1.73. The topological polar surface area (TPSA) is 25.8 Å². The van der Waals surface area contributed by atoms with Gasteiger partial charge in [0.25, 0.3) is 0 Å². The van der Waals surface area contributed by atoms with Crippen LogP contribution in [0.1, 0.15) is 87.8 Å². The summed E-state index contributed by atoms with van der Waals surface area (Å²) in [6, 6.07) is 0. The Bertz CT molecular complexity index is 600. The van der Waals surface area contributed by atoms with Gasteiger partial charge < -0.3 is 0 Å². The van der Waals surface area contributed by atoms with Crippen LogP contribution in [-0.2, 0) is 12.8 Å². The second-order valence-electron chi connectivity index (χ2n) is 7.53. The zero-order valence-electron chi connectivity index (χ0n) is 17.3. The molecule has 0 radical (unpaired) electrons. The zero-order valence-corrected chi connectivity index (χ0v) is 22.1. The summed E-state index contributed by atoms with van der Waals surface area (Å²) >= 11 is 11.3. The molecule has 0 spiro atoms. The highest BCUT2D eigenvalue weighted by molar-refractivity contribution is 9.09. The lowest BCUT2D eigenvalue weighted by Gasteiger charge is -2.07. The Morgan fingerprint density at radius 3 is 1.50 bits per heavy atom. The molecule has 0 bridgehead atoms. The van der Waals surface area contributed by atoms with E-state index in [4.69, 9.17) is 0 Å². The molecule has 158 valence electrons. The van der Waals surface area contributed by atoms with E-state index < -0.39 is 0 Å². The van der Waals surface area contributed by atoms with Gasteiger partial charge in [0.2, 0.25) is 0 Å². The molecule has 0 fully saturated rings. The number of unbranched alkanes of at least 4 members (excludes halogenated alkanes) is 2. The van der Waals surface area contributed by atoms with Crippen LogP contribution in [0, 0.1) is 0 Å². The normalized spacial score (nSPS) is 13.7. The van der Waals surface area contributed by atoms with E-state index in [0.717, 1.165) is 22.9 Å². The van der Waals surface area contributed by atoms with Crippen LogP contribution in [0.4, 0.5) is 0 Å². The predicted octanol–water partition coefficient (Wildman–Crippen LogP) is 8.82. The van der Waals surface area contributed by atoms with Crippen LogP contribution in [0.25, 0.3) is 10.0 Å². The third-order valence-electron chi connectivity index (χ3n) is 4.91. The lowest BCUT2D eigenvalue weighted by Crippen LogP contribution is -1.98. The molecule has 2 heterocycles. The molecule has 0 aliphatic carbocycles. The predicted molar refractivity (Wildman–Crippen MR) is 134 cm³/mol. The summed E-state index contributed by atoms with van der Waals surface area (Å²) in [5.41, 5.74) is 0. The molecule has 2 aromatic rings. The monoisotopic (exact) mass is 548 g/mol. The van der Waals surface area contributed by atoms with Crippen molar-refractivity contribution in [3.05, 3.63) is 22.1 Å². The van der Waals surface area contributed by atoms with Crippen LogP contribution in [0.2, 0.25) is 0 Å². The SMILES string of the molecule is CCCCC(Br)CCCc1cnc(-c2ncc(CCCC(Br)CCCC)s2)s1. The number of aromatic nitrogens is 2. The third-order valence-corrected chi connectivity index (χ3v) is 9.00. The van der Waals surface area contributed by atoms with Gasteiger partial charge >= 0.3 is 0 Å². The van der Waals surface area contributed by atoms with E-state index in [2.05, 4.69) is 68.1 Å². The highest BCUT2D eigenvalue weighted by atomic mass is 79.9. The van der Waals surface area contributed by atoms with Crippen molar-refractivity contribution in [2.45, 2.75) is 101 Å². The molecular weight excluding hydrogens is 516 g/mol. The minimum Gasteiger partial charge on any atom is -0.242 e. The maximum absolute atomic E-state index is 4.64. The average Bonchev–Trinajstić information content (AvgIpc) is 3.34. The van der Waals surface area contributed by atoms with Crippen molar-refractivity contribution in [2.24, 2.45) is 0 Å². The molecule has 0 aliphatic heterocycles. The number of aryl methyl sites for hydroxylation is 2. The number of hydrogen-bond acceptors (Lipinski definition) is 4. The molecule has 6 heteroatoms. The summed E-state index contributed by atoms with van der Waals surface area (Å²) in [5.74, 6) is 0. The molecular formula is C22H34Br2N2S2. The van der Waals surface area contributed by atoms with Crippen LogP contribution in [0.3, 0.4) is 0 Å². The van der Waals surface area contributed by atoms with E-state index >= 15 is 0 Å². The molecule has 0 aliphatic rings. The standard InChI is InChI=1S/C22H34Br2N2S2/c1-3-5-9-17(23)11-7-13-19-15-25-21(27-19)22-26-16-20(28-22)14-8-12-18(24)10-6-4-2/h15-18H,3-14H2,1-2H3. The Morgan fingerprint density at radius 2 is 1.11 bits per heavy atom. The molecule has 2 rings (SSSR count). The van der Waals surface area contributed by atoms with E-state index in [1.165, 1.54) is 74.0 Å². The summed E-state index contributed by atoms with van der Waals surface area (Å²) in [7, 11) is 0. The second kappa shape index (κ2) is 14.3. The Labute approximate surface area is 196 Å². The van der Waals surface area contributed by atoms with Gasteiger partial charge in [-0.05, 0) is 51.4 Å². The number of nitrogens with zero attached hydrogens (tertiary/aromatic N) is 2. The maximum atomic E-state index is 4.64. The van der Waals surface area contributed by atoms with Crippen LogP contribution < -0.4 is 0 Å². The minimum atomic E-state index is 0.669. The highest BCUT2D eigenvalue weighted by Crippen LogP contribution is 2.31. The van der Waals surface area contributed by atoms with E-state index in [-0.39, 0.29) is 0 Å². The minimum absolute atomic E-state index is 0.669. The Kier molecular flexibility index (Phi) is 12.5. The van der Waals surface area contributed by atoms with Crippen molar-refractivity contribution in [3.63, 3.8) is 0 Å². The highest BCUT2D eigenvalue weighted by Gasteiger charge is 2.11. The van der Waals surface area contributed by atoms with Gasteiger partial charge in [0.05, 0.1) is 0 Å². The number of halogens is 2. The number of alkyl halides is 2. The van der Waals surface area contributed by atoms with Gasteiger partial charge in [0, 0.05) is 31.8 Å². The average molecular weight is 550 g/mol. The van der Waals surface area contributed by atoms with Gasteiger partial charge in [-0.25, -0.2) is 9.97 Å². The second-order valence-corrected chi connectivity index (χ2v) is 12.3. The fraction of sp³-hybridized carbons (Fsp3) is 0.727. The summed E-state index contributed by atoms with van der Waals surface area (Å²) in [5, 5.41) is 2.18. The van der Waals surface area contributed by atoms with Gasteiger partial charge in [-0.1, -0.05) is 71.4 Å². The van der Waals surface area contributed by atoms with Crippen LogP contribution in [0.5, 0.6) is 0 Å². The van der Waals surface area contributed by atoms with Crippen molar-refractivity contribution in [2.75, 3.05) is 0 Å². The molecule has 2 nitrogen and oxygen atoms in total. The number of rotatable bonds is 15. The molecule has 2 aromatic heterocycles. The van der Waals surface area contributed by atoms with Crippen LogP contribution in [0.15, 0.2) is 12.4 Å². The summed E-state index contributed by atoms with van der Waals surface area (Å²) < 4.78 is 0. The maximum Gasteiger partial charge on any atom is 0.152 e. The van der Waals surface area contributed by atoms with Crippen molar-refractivity contribution < 1.29 is 0 Å². The summed E-state index contributed by atoms with van der Waals surface area (Å²) in [6.07, 6.45) is 19.1. The lowest BCUT2D eigenvalue weighted by molar-refractivity contribution is 0.630. The fourth-order valence-electron chi connectivity index (χ4n) is 3.18. The van der Waals surface area contributed by atoms with E-state index in [1.807, 2.05) is 22.7 Å². The van der Waals surface area contributed by atoms with Crippen molar-refractivity contribution >= 4 is 54.5 Å². The summed E-state index contributed by atoms with van der Waals surface area (Å²) in [4.78, 5) is 13.4. The molecule has 0 saturated heterocycles. The fourth-order valence-corrected chi connectivity index (χ4v) is 6.42. The quantitative estimate of drug-likeness (QED) is 0.207. The molecule has 2 atom stereocenters. The van der Waals surface area contributed by atoms with Crippen molar-refractivity contribution in [3.8, 4) is 10.0 Å². The smallest absolute Gasteiger partial charge is 0.152 e. The number of thiazole rings is 2. The first-order valence-electron chi connectivity index (χ1n) is 10.8. The Morgan fingerprint density at radius 1 is 0.714 bits per heavy atom. The van der Waals surface area contributed by atoms with Gasteiger partial charge in [0.1, 0.15) is 0 Å². The van der Waals surface area contributed by atoms with E-state index in [0.29, 0.717) is 9.65 Å². The van der Waals surface area contributed by atoms with E-state index in [9.17, 15) is 0 Å². The van der Waals surface area contributed by atoms with Gasteiger partial charge in [-0.15, -0.1) is 22.7 Å². The zero-order chi connectivity index (χ0) is 20.2. The van der Waals surface area contributed by atoms with Crippen molar-refractivity contribution in [1.29, 1.82) is 0 Å². The molecule has 0 amide bonds. The molecule has 2 unspecified atom stereocenters. The van der Waals surface area contributed by atoms with Gasteiger partial charge in [-0.3, -0.25) is 0 Å². The largest absolute Gasteiger partial charge is 0.242 e. The van der Waals surface area contributed by atoms with Gasteiger partial charge in [0.15, 0.2) is 10.0 Å². The summed E-state index contributed by atoms with van der Waals surface area (Å²) in [6.45, 7) is 4.52. The van der Waals surface area contributed by atoms with Crippen LogP contribution in [-0.4, -0.2) is 19.6 Å².